The van der Waals surface area contributed by atoms with E-state index in [2.05, 4.69) is 38.2 Å². The van der Waals surface area contributed by atoms with Gasteiger partial charge in [-0.25, -0.2) is 4.98 Å². The molecule has 0 aliphatic rings. The Morgan fingerprint density at radius 1 is 1.25 bits per heavy atom. The lowest BCUT2D eigenvalue weighted by molar-refractivity contribution is 0.0474. The Morgan fingerprint density at radius 2 is 2.05 bits per heavy atom. The van der Waals surface area contributed by atoms with Gasteiger partial charge in [0.05, 0.1) is 18.2 Å². The highest BCUT2D eigenvalue weighted by atomic mass is 16.5. The molecule has 2 rings (SSSR count). The molecule has 1 unspecified atom stereocenters. The van der Waals surface area contributed by atoms with Crippen molar-refractivity contribution in [2.75, 3.05) is 11.9 Å². The lowest BCUT2D eigenvalue weighted by Crippen LogP contribution is -2.10. The molecule has 0 radical (unpaired) electrons. The van der Waals surface area contributed by atoms with Gasteiger partial charge in [0.1, 0.15) is 5.82 Å². The smallest absolute Gasteiger partial charge is 0.132 e. The lowest BCUT2D eigenvalue weighted by Gasteiger charge is -2.15. The van der Waals surface area contributed by atoms with Crippen molar-refractivity contribution in [1.82, 2.24) is 4.98 Å². The van der Waals surface area contributed by atoms with Crippen LogP contribution < -0.4 is 5.32 Å². The molecule has 1 aromatic heterocycles. The van der Waals surface area contributed by atoms with Crippen LogP contribution in [0.15, 0.2) is 30.3 Å². The fourth-order valence-corrected chi connectivity index (χ4v) is 2.31. The minimum Gasteiger partial charge on any atom is -0.374 e. The highest BCUT2D eigenvalue weighted by Crippen LogP contribution is 2.22. The summed E-state index contributed by atoms with van der Waals surface area (Å²) in [5.74, 6) is 0.940. The number of aromatic nitrogens is 1. The molecule has 1 heterocycles. The number of pyridine rings is 1. The van der Waals surface area contributed by atoms with Crippen molar-refractivity contribution in [3.8, 4) is 0 Å². The number of ether oxygens (including phenoxy) is 1. The van der Waals surface area contributed by atoms with E-state index in [4.69, 9.17) is 9.72 Å². The van der Waals surface area contributed by atoms with Crippen molar-refractivity contribution >= 4 is 16.7 Å². The minimum atomic E-state index is 0.293. The molecule has 1 aromatic carbocycles. The summed E-state index contributed by atoms with van der Waals surface area (Å²) in [5.41, 5.74) is 2.15. The minimum absolute atomic E-state index is 0.293. The molecule has 3 heteroatoms. The molecule has 0 bridgehead atoms. The van der Waals surface area contributed by atoms with Crippen LogP contribution in [-0.2, 0) is 11.3 Å². The Hall–Kier alpha value is -1.61. The monoisotopic (exact) mass is 272 g/mol. The number of hydrogen-bond acceptors (Lipinski definition) is 3. The maximum absolute atomic E-state index is 5.92. The van der Waals surface area contributed by atoms with E-state index in [0.29, 0.717) is 12.7 Å². The van der Waals surface area contributed by atoms with E-state index >= 15 is 0 Å². The first kappa shape index (κ1) is 14.8. The summed E-state index contributed by atoms with van der Waals surface area (Å²) >= 11 is 0. The van der Waals surface area contributed by atoms with Crippen LogP contribution in [0.3, 0.4) is 0 Å². The molecular formula is C17H24N2O. The van der Waals surface area contributed by atoms with Gasteiger partial charge in [0.15, 0.2) is 0 Å². The number of rotatable bonds is 7. The van der Waals surface area contributed by atoms with Crippen LogP contribution in [0, 0.1) is 0 Å². The van der Waals surface area contributed by atoms with Crippen LogP contribution in [0.5, 0.6) is 0 Å². The summed E-state index contributed by atoms with van der Waals surface area (Å²) < 4.78 is 5.92. The van der Waals surface area contributed by atoms with Crippen molar-refractivity contribution in [3.05, 3.63) is 35.9 Å². The quantitative estimate of drug-likeness (QED) is 0.812. The molecule has 0 aliphatic heterocycles. The first-order chi connectivity index (χ1) is 9.74. The van der Waals surface area contributed by atoms with Gasteiger partial charge in [-0.3, -0.25) is 0 Å². The summed E-state index contributed by atoms with van der Waals surface area (Å²) in [7, 11) is 0. The zero-order chi connectivity index (χ0) is 14.4. The average molecular weight is 272 g/mol. The predicted octanol–water partition coefficient (Wildman–Crippen LogP) is 4.37. The number of anilines is 1. The molecule has 1 atom stereocenters. The van der Waals surface area contributed by atoms with Gasteiger partial charge >= 0.3 is 0 Å². The Kier molecular flexibility index (Phi) is 5.36. The number of nitrogens with one attached hydrogen (secondary N) is 1. The fraction of sp³-hybridized carbons (Fsp3) is 0.471. The van der Waals surface area contributed by atoms with Crippen molar-refractivity contribution in [2.45, 2.75) is 46.3 Å². The lowest BCUT2D eigenvalue weighted by atomic mass is 10.1. The molecule has 0 aliphatic carbocycles. The van der Waals surface area contributed by atoms with Crippen molar-refractivity contribution in [1.29, 1.82) is 0 Å². The van der Waals surface area contributed by atoms with Gasteiger partial charge in [-0.2, -0.15) is 0 Å². The van der Waals surface area contributed by atoms with Crippen LogP contribution in [0.4, 0.5) is 5.82 Å². The van der Waals surface area contributed by atoms with Crippen molar-refractivity contribution in [2.24, 2.45) is 0 Å². The standard InChI is InChI=1S/C17H24N2O/c1-4-8-13(3)20-12-15-11-14-9-6-7-10-16(14)19-17(15)18-5-2/h6-7,9-11,13H,4-5,8,12H2,1-3H3,(H,18,19). The Morgan fingerprint density at radius 3 is 2.80 bits per heavy atom. The predicted molar refractivity (Wildman–Crippen MR) is 85.1 cm³/mol. The molecule has 0 amide bonds. The number of hydrogen-bond donors (Lipinski definition) is 1. The highest BCUT2D eigenvalue weighted by Gasteiger charge is 2.08. The molecule has 0 fully saturated rings. The van der Waals surface area contributed by atoms with Gasteiger partial charge in [-0.05, 0) is 32.4 Å². The van der Waals surface area contributed by atoms with Crippen LogP contribution in [-0.4, -0.2) is 17.6 Å². The molecular weight excluding hydrogens is 248 g/mol. The number of fused-ring (bicyclic) bond motifs is 1. The number of benzene rings is 1. The van der Waals surface area contributed by atoms with E-state index in [1.807, 2.05) is 18.2 Å². The van der Waals surface area contributed by atoms with Gasteiger partial charge in [0.2, 0.25) is 0 Å². The Bertz CT molecular complexity index is 554. The second-order valence-electron chi connectivity index (χ2n) is 5.13. The fourth-order valence-electron chi connectivity index (χ4n) is 2.31. The normalized spacial score (nSPS) is 12.6. The summed E-state index contributed by atoms with van der Waals surface area (Å²) in [4.78, 5) is 4.70. The third-order valence-electron chi connectivity index (χ3n) is 3.37. The molecule has 2 aromatic rings. The topological polar surface area (TPSA) is 34.1 Å². The maximum Gasteiger partial charge on any atom is 0.132 e. The van der Waals surface area contributed by atoms with E-state index < -0.39 is 0 Å². The van der Waals surface area contributed by atoms with Crippen LogP contribution >= 0.6 is 0 Å². The molecule has 1 N–H and O–H groups in total. The number of para-hydroxylation sites is 1. The van der Waals surface area contributed by atoms with E-state index in [1.165, 1.54) is 0 Å². The maximum atomic E-state index is 5.92. The summed E-state index contributed by atoms with van der Waals surface area (Å²) in [6.45, 7) is 7.87. The van der Waals surface area contributed by atoms with Gasteiger partial charge in [-0.15, -0.1) is 0 Å². The molecule has 0 saturated heterocycles. The second kappa shape index (κ2) is 7.25. The molecule has 3 nitrogen and oxygen atoms in total. The summed E-state index contributed by atoms with van der Waals surface area (Å²) in [5, 5.41) is 4.50. The van der Waals surface area contributed by atoms with Gasteiger partial charge in [-0.1, -0.05) is 31.5 Å². The van der Waals surface area contributed by atoms with Crippen LogP contribution in [0.1, 0.15) is 39.2 Å². The molecule has 20 heavy (non-hydrogen) atoms. The third kappa shape index (κ3) is 3.70. The third-order valence-corrected chi connectivity index (χ3v) is 3.37. The van der Waals surface area contributed by atoms with Crippen molar-refractivity contribution in [3.63, 3.8) is 0 Å². The largest absolute Gasteiger partial charge is 0.374 e. The first-order valence-electron chi connectivity index (χ1n) is 7.48. The number of nitrogens with zero attached hydrogens (tertiary/aromatic N) is 1. The summed E-state index contributed by atoms with van der Waals surface area (Å²) in [6, 6.07) is 10.4. The zero-order valence-corrected chi connectivity index (χ0v) is 12.6. The van der Waals surface area contributed by atoms with E-state index in [-0.39, 0.29) is 0 Å². The second-order valence-corrected chi connectivity index (χ2v) is 5.13. The average Bonchev–Trinajstić information content (AvgIpc) is 2.45. The van der Waals surface area contributed by atoms with Gasteiger partial charge in [0.25, 0.3) is 0 Å². The van der Waals surface area contributed by atoms with Crippen LogP contribution in [0.2, 0.25) is 0 Å². The summed E-state index contributed by atoms with van der Waals surface area (Å²) in [6.07, 6.45) is 2.54. The molecule has 0 spiro atoms. The molecule has 0 saturated carbocycles. The Labute approximate surface area is 121 Å². The van der Waals surface area contributed by atoms with E-state index in [0.717, 1.165) is 41.7 Å². The van der Waals surface area contributed by atoms with E-state index in [9.17, 15) is 0 Å². The Balaban J connectivity index is 2.22. The SMILES string of the molecule is CCCC(C)OCc1cc2ccccc2nc1NCC. The van der Waals surface area contributed by atoms with Gasteiger partial charge < -0.3 is 10.1 Å². The zero-order valence-electron chi connectivity index (χ0n) is 12.6. The van der Waals surface area contributed by atoms with E-state index in [1.54, 1.807) is 0 Å². The highest BCUT2D eigenvalue weighted by molar-refractivity contribution is 5.81. The van der Waals surface area contributed by atoms with Crippen molar-refractivity contribution < 1.29 is 4.74 Å². The van der Waals surface area contributed by atoms with Crippen LogP contribution in [0.25, 0.3) is 10.9 Å². The van der Waals surface area contributed by atoms with Gasteiger partial charge in [0, 0.05) is 17.5 Å². The first-order valence-corrected chi connectivity index (χ1v) is 7.48. The molecule has 108 valence electrons.